The van der Waals surface area contributed by atoms with Gasteiger partial charge in [-0.1, -0.05) is 19.1 Å². The number of carbonyl (C=O) groups excluding carboxylic acids is 1. The van der Waals surface area contributed by atoms with Gasteiger partial charge in [-0.15, -0.1) is 0 Å². The number of benzene rings is 1. The molecule has 5 nitrogen and oxygen atoms in total. The Kier molecular flexibility index (Phi) is 5.11. The van der Waals surface area contributed by atoms with Gasteiger partial charge < -0.3 is 10.6 Å². The molecular formula is C16H22N4O. The monoisotopic (exact) mass is 286 g/mol. The van der Waals surface area contributed by atoms with E-state index in [0.29, 0.717) is 5.69 Å². The molecule has 2 aromatic rings. The summed E-state index contributed by atoms with van der Waals surface area (Å²) in [6.07, 6.45) is 2.85. The van der Waals surface area contributed by atoms with E-state index in [4.69, 9.17) is 0 Å². The van der Waals surface area contributed by atoms with Crippen molar-refractivity contribution in [3.05, 3.63) is 47.8 Å². The van der Waals surface area contributed by atoms with E-state index in [1.54, 1.807) is 24.0 Å². The first-order chi connectivity index (χ1) is 10.1. The van der Waals surface area contributed by atoms with Gasteiger partial charge in [0, 0.05) is 25.0 Å². The van der Waals surface area contributed by atoms with Crippen LogP contribution in [0.5, 0.6) is 0 Å². The number of carbonyl (C=O) groups is 1. The second-order valence-electron chi connectivity index (χ2n) is 5.13. The molecule has 1 aromatic heterocycles. The van der Waals surface area contributed by atoms with Crippen molar-refractivity contribution >= 4 is 11.6 Å². The zero-order valence-electron chi connectivity index (χ0n) is 12.8. The Bertz CT molecular complexity index is 606. The van der Waals surface area contributed by atoms with E-state index in [-0.39, 0.29) is 11.9 Å². The molecule has 0 aliphatic carbocycles. The normalized spacial score (nSPS) is 12.1. The maximum Gasteiger partial charge on any atom is 0.276 e. The van der Waals surface area contributed by atoms with Crippen molar-refractivity contribution in [1.29, 1.82) is 0 Å². The molecule has 2 N–H and O–H groups in total. The third-order valence-electron chi connectivity index (χ3n) is 3.29. The zero-order chi connectivity index (χ0) is 15.2. The van der Waals surface area contributed by atoms with Gasteiger partial charge in [-0.25, -0.2) is 0 Å². The molecule has 1 amide bonds. The van der Waals surface area contributed by atoms with Crippen molar-refractivity contribution in [2.45, 2.75) is 26.3 Å². The van der Waals surface area contributed by atoms with Gasteiger partial charge in [0.2, 0.25) is 0 Å². The fraction of sp³-hybridized carbons (Fsp3) is 0.375. The van der Waals surface area contributed by atoms with Crippen LogP contribution in [0.1, 0.15) is 42.4 Å². The van der Waals surface area contributed by atoms with Crippen molar-refractivity contribution in [3.8, 4) is 0 Å². The van der Waals surface area contributed by atoms with Crippen LogP contribution in [-0.2, 0) is 7.05 Å². The molecule has 112 valence electrons. The fourth-order valence-electron chi connectivity index (χ4n) is 2.10. The predicted molar refractivity (Wildman–Crippen MR) is 84.3 cm³/mol. The van der Waals surface area contributed by atoms with E-state index in [2.05, 4.69) is 35.6 Å². The number of anilines is 1. The van der Waals surface area contributed by atoms with Crippen LogP contribution in [0.4, 0.5) is 5.69 Å². The molecule has 1 unspecified atom stereocenters. The standard InChI is InChI=1S/C16H22N4O/c1-4-9-17-12(2)13-6-5-7-14(11-13)18-16(21)15-8-10-20(3)19-15/h5-8,10-12,17H,4,9H2,1-3H3,(H,18,21). The third kappa shape index (κ3) is 4.16. The van der Waals surface area contributed by atoms with Crippen molar-refractivity contribution < 1.29 is 4.79 Å². The van der Waals surface area contributed by atoms with Gasteiger partial charge in [0.05, 0.1) is 0 Å². The Morgan fingerprint density at radius 1 is 1.38 bits per heavy atom. The Hall–Kier alpha value is -2.14. The van der Waals surface area contributed by atoms with E-state index < -0.39 is 0 Å². The molecule has 0 saturated carbocycles. The summed E-state index contributed by atoms with van der Waals surface area (Å²) in [6, 6.07) is 9.85. The lowest BCUT2D eigenvalue weighted by Gasteiger charge is -2.14. The maximum absolute atomic E-state index is 12.1. The number of hydrogen-bond donors (Lipinski definition) is 2. The number of nitrogens with zero attached hydrogens (tertiary/aromatic N) is 2. The predicted octanol–water partition coefficient (Wildman–Crippen LogP) is 2.73. The van der Waals surface area contributed by atoms with E-state index in [0.717, 1.165) is 24.2 Å². The molecule has 1 aromatic carbocycles. The zero-order valence-corrected chi connectivity index (χ0v) is 12.8. The molecular weight excluding hydrogens is 264 g/mol. The Labute approximate surface area is 125 Å². The summed E-state index contributed by atoms with van der Waals surface area (Å²) in [5.74, 6) is -0.193. The highest BCUT2D eigenvalue weighted by molar-refractivity contribution is 6.02. The van der Waals surface area contributed by atoms with E-state index in [1.165, 1.54) is 0 Å². The quantitative estimate of drug-likeness (QED) is 0.858. The molecule has 0 saturated heterocycles. The lowest BCUT2D eigenvalue weighted by molar-refractivity contribution is 0.102. The molecule has 0 spiro atoms. The first kappa shape index (κ1) is 15.3. The fourth-order valence-corrected chi connectivity index (χ4v) is 2.10. The number of aromatic nitrogens is 2. The number of amides is 1. The molecule has 0 aliphatic rings. The van der Waals surface area contributed by atoms with Crippen molar-refractivity contribution in [1.82, 2.24) is 15.1 Å². The highest BCUT2D eigenvalue weighted by atomic mass is 16.1. The summed E-state index contributed by atoms with van der Waals surface area (Å²) < 4.78 is 1.61. The highest BCUT2D eigenvalue weighted by Gasteiger charge is 2.10. The summed E-state index contributed by atoms with van der Waals surface area (Å²) in [4.78, 5) is 12.1. The minimum absolute atomic E-state index is 0.193. The maximum atomic E-state index is 12.1. The van der Waals surface area contributed by atoms with E-state index in [1.807, 2.05) is 18.2 Å². The van der Waals surface area contributed by atoms with Crippen LogP contribution in [0.25, 0.3) is 0 Å². The molecule has 0 bridgehead atoms. The summed E-state index contributed by atoms with van der Waals surface area (Å²) >= 11 is 0. The molecule has 2 rings (SSSR count). The second-order valence-corrected chi connectivity index (χ2v) is 5.13. The minimum atomic E-state index is -0.193. The van der Waals surface area contributed by atoms with Crippen LogP contribution in [0.15, 0.2) is 36.5 Å². The SMILES string of the molecule is CCCNC(C)c1cccc(NC(=O)c2ccn(C)n2)c1. The van der Waals surface area contributed by atoms with Gasteiger partial charge in [-0.3, -0.25) is 9.48 Å². The number of aryl methyl sites for hydroxylation is 1. The van der Waals surface area contributed by atoms with Crippen LogP contribution >= 0.6 is 0 Å². The van der Waals surface area contributed by atoms with E-state index >= 15 is 0 Å². The number of nitrogens with one attached hydrogen (secondary N) is 2. The summed E-state index contributed by atoms with van der Waals surface area (Å²) in [7, 11) is 1.79. The van der Waals surface area contributed by atoms with Crippen molar-refractivity contribution in [2.75, 3.05) is 11.9 Å². The average Bonchev–Trinajstić information content (AvgIpc) is 2.91. The Morgan fingerprint density at radius 2 is 2.19 bits per heavy atom. The minimum Gasteiger partial charge on any atom is -0.321 e. The van der Waals surface area contributed by atoms with Crippen LogP contribution in [-0.4, -0.2) is 22.2 Å². The molecule has 1 atom stereocenters. The molecule has 21 heavy (non-hydrogen) atoms. The first-order valence-corrected chi connectivity index (χ1v) is 7.24. The molecule has 0 fully saturated rings. The van der Waals surface area contributed by atoms with Crippen LogP contribution < -0.4 is 10.6 Å². The number of rotatable bonds is 6. The molecule has 0 radical (unpaired) electrons. The average molecular weight is 286 g/mol. The summed E-state index contributed by atoms with van der Waals surface area (Å²) in [5, 5.41) is 10.4. The van der Waals surface area contributed by atoms with Gasteiger partial charge >= 0.3 is 0 Å². The largest absolute Gasteiger partial charge is 0.321 e. The lowest BCUT2D eigenvalue weighted by Crippen LogP contribution is -2.19. The van der Waals surface area contributed by atoms with Crippen molar-refractivity contribution in [3.63, 3.8) is 0 Å². The smallest absolute Gasteiger partial charge is 0.276 e. The topological polar surface area (TPSA) is 58.9 Å². The first-order valence-electron chi connectivity index (χ1n) is 7.24. The van der Waals surface area contributed by atoms with Crippen LogP contribution in [0, 0.1) is 0 Å². The van der Waals surface area contributed by atoms with Crippen LogP contribution in [0.2, 0.25) is 0 Å². The van der Waals surface area contributed by atoms with Gasteiger partial charge in [0.15, 0.2) is 5.69 Å². The van der Waals surface area contributed by atoms with Crippen molar-refractivity contribution in [2.24, 2.45) is 7.05 Å². The highest BCUT2D eigenvalue weighted by Crippen LogP contribution is 2.18. The summed E-state index contributed by atoms with van der Waals surface area (Å²) in [6.45, 7) is 5.24. The van der Waals surface area contributed by atoms with Gasteiger partial charge in [-0.2, -0.15) is 5.10 Å². The van der Waals surface area contributed by atoms with Gasteiger partial charge in [0.25, 0.3) is 5.91 Å². The number of hydrogen-bond acceptors (Lipinski definition) is 3. The van der Waals surface area contributed by atoms with E-state index in [9.17, 15) is 4.79 Å². The third-order valence-corrected chi connectivity index (χ3v) is 3.29. The molecule has 1 heterocycles. The van der Waals surface area contributed by atoms with Gasteiger partial charge in [-0.05, 0) is 43.7 Å². The Balaban J connectivity index is 2.05. The molecule has 5 heteroatoms. The molecule has 0 aliphatic heterocycles. The van der Waals surface area contributed by atoms with Crippen LogP contribution in [0.3, 0.4) is 0 Å². The summed E-state index contributed by atoms with van der Waals surface area (Å²) in [5.41, 5.74) is 2.36. The Morgan fingerprint density at radius 3 is 2.86 bits per heavy atom. The van der Waals surface area contributed by atoms with Gasteiger partial charge in [0.1, 0.15) is 0 Å². The second kappa shape index (κ2) is 7.04. The lowest BCUT2D eigenvalue weighted by atomic mass is 10.1.